The minimum atomic E-state index is -4.75. The van der Waals surface area contributed by atoms with Gasteiger partial charge in [-0.2, -0.15) is 35.1 Å². The minimum Gasteiger partial charge on any atom is -0.206 e. The molecule has 0 bridgehead atoms. The van der Waals surface area contributed by atoms with Crippen molar-refractivity contribution < 1.29 is 70.2 Å². The summed E-state index contributed by atoms with van der Waals surface area (Å²) in [5, 5.41) is -4.87. The van der Waals surface area contributed by atoms with E-state index in [1.807, 2.05) is 0 Å². The second-order valence-electron chi connectivity index (χ2n) is 20.8. The summed E-state index contributed by atoms with van der Waals surface area (Å²) in [5.74, 6) is -32.2. The summed E-state index contributed by atoms with van der Waals surface area (Å²) in [6.07, 6.45) is 0. The van der Waals surface area contributed by atoms with Gasteiger partial charge in [0.2, 0.25) is 0 Å². The lowest BCUT2D eigenvalue weighted by Crippen LogP contribution is -2.43. The second-order valence-corrected chi connectivity index (χ2v) is 20.8. The Balaban J connectivity index is 0.000000187. The lowest BCUT2D eigenvalue weighted by atomic mass is 9.69. The predicted molar refractivity (Wildman–Crippen MR) is 263 cm³/mol. The molecule has 2 aliphatic rings. The molecule has 400 valence electrons. The fourth-order valence-corrected chi connectivity index (χ4v) is 12.3. The van der Waals surface area contributed by atoms with Crippen LogP contribution < -0.4 is 0 Å². The molecule has 0 saturated carbocycles. The first-order chi connectivity index (χ1) is 34.8. The van der Waals surface area contributed by atoms with E-state index < -0.39 is 136 Å². The highest BCUT2D eigenvalue weighted by molar-refractivity contribution is 6.12. The van der Waals surface area contributed by atoms with Crippen molar-refractivity contribution in [2.45, 2.75) is 134 Å². The standard InChI is InChI=1S/C30H24F10.C30H24F6/c1-9-10(2)14(6)18-17(13(9)5)27(33,34)21-22(28(18,35)36)26(32)24-23(25(21)31)29(37,38)19-15(7)11(3)12(4)16(8)20(19)30(24,39)40;1-9-10(2)14(6)18-17(13(9)5)25(31)21-22(26(18)32)30(36)24-23(29(21)35)27(33)19-15(7)11(3)12(4)16(8)20(19)28(24)34/h1-8H3;1-8H3. The van der Waals surface area contributed by atoms with E-state index in [1.54, 1.807) is 55.4 Å². The van der Waals surface area contributed by atoms with E-state index in [-0.39, 0.29) is 66.1 Å². The zero-order valence-corrected chi connectivity index (χ0v) is 44.0. The van der Waals surface area contributed by atoms with E-state index in [0.717, 1.165) is 27.7 Å². The summed E-state index contributed by atoms with van der Waals surface area (Å²) in [4.78, 5) is 0. The Bertz CT molecular complexity index is 3570. The lowest BCUT2D eigenvalue weighted by molar-refractivity contribution is -0.0337. The number of alkyl halides is 8. The molecular formula is C60H48F16. The Morgan fingerprint density at radius 1 is 0.158 bits per heavy atom. The molecule has 0 unspecified atom stereocenters. The van der Waals surface area contributed by atoms with Crippen LogP contribution in [0.25, 0.3) is 43.1 Å². The van der Waals surface area contributed by atoms with Crippen molar-refractivity contribution in [3.63, 3.8) is 0 Å². The van der Waals surface area contributed by atoms with E-state index >= 15 is 70.2 Å². The van der Waals surface area contributed by atoms with Crippen molar-refractivity contribution in [2.75, 3.05) is 0 Å². The molecule has 0 amide bonds. The normalized spacial score (nSPS) is 15.8. The van der Waals surface area contributed by atoms with Crippen LogP contribution >= 0.6 is 0 Å². The largest absolute Gasteiger partial charge is 0.302 e. The third-order valence-electron chi connectivity index (χ3n) is 17.8. The van der Waals surface area contributed by atoms with Gasteiger partial charge in [-0.3, -0.25) is 0 Å². The summed E-state index contributed by atoms with van der Waals surface area (Å²) in [6, 6.07) is 0. The summed E-state index contributed by atoms with van der Waals surface area (Å²) in [5.41, 5.74) is -11.5. The quantitative estimate of drug-likeness (QED) is 0.105. The maximum atomic E-state index is 16.1. The van der Waals surface area contributed by atoms with Crippen LogP contribution in [0, 0.1) is 157 Å². The molecular weight excluding hydrogens is 1020 g/mol. The molecule has 0 aromatic heterocycles. The highest BCUT2D eigenvalue weighted by Gasteiger charge is 2.65. The number of hydrogen-bond donors (Lipinski definition) is 0. The number of halogens is 16. The van der Waals surface area contributed by atoms with E-state index in [9.17, 15) is 0 Å². The van der Waals surface area contributed by atoms with Crippen molar-refractivity contribution in [3.05, 3.63) is 180 Å². The number of benzene rings is 8. The SMILES string of the molecule is Cc1c(C)c(C)c2c(F)c3c(F)c4c(F)c5c(C)c(C)c(C)c(C)c5c(F)c4c(F)c3c(F)c2c1C.Cc1c(C)c(C)c2c(c1C)C(F)(F)c1c(F)c3c(c(F)c1C2(F)F)C(F)(F)c1c(C)c(C)c(C)c(C)c1C3(F)F. The highest BCUT2D eigenvalue weighted by Crippen LogP contribution is 2.64. The average Bonchev–Trinajstić information content (AvgIpc) is 3.51. The lowest BCUT2D eigenvalue weighted by Gasteiger charge is -2.42. The number of rotatable bonds is 0. The fraction of sp³-hybridized carbons (Fsp3) is 0.333. The van der Waals surface area contributed by atoms with Gasteiger partial charge in [0.1, 0.15) is 46.5 Å². The average molecular weight is 1070 g/mol. The molecule has 0 spiro atoms. The van der Waals surface area contributed by atoms with Gasteiger partial charge in [0.05, 0.1) is 43.8 Å². The van der Waals surface area contributed by atoms with Gasteiger partial charge in [0.25, 0.3) is 0 Å². The van der Waals surface area contributed by atoms with Gasteiger partial charge in [-0.1, -0.05) is 0 Å². The van der Waals surface area contributed by atoms with Crippen molar-refractivity contribution >= 4 is 43.1 Å². The number of fused-ring (bicyclic) bond motifs is 8. The third-order valence-corrected chi connectivity index (χ3v) is 17.8. The van der Waals surface area contributed by atoms with Crippen LogP contribution in [0.4, 0.5) is 70.2 Å². The minimum absolute atomic E-state index is 0.164. The Labute approximate surface area is 426 Å². The van der Waals surface area contributed by atoms with Crippen LogP contribution in [-0.2, 0) is 23.7 Å². The zero-order chi connectivity index (χ0) is 57.1. The topological polar surface area (TPSA) is 0 Å². The van der Waals surface area contributed by atoms with Gasteiger partial charge in [-0.15, -0.1) is 0 Å². The van der Waals surface area contributed by atoms with Gasteiger partial charge in [0, 0.05) is 43.8 Å². The van der Waals surface area contributed by atoms with E-state index in [2.05, 4.69) is 0 Å². The van der Waals surface area contributed by atoms with Crippen LogP contribution in [0.15, 0.2) is 0 Å². The van der Waals surface area contributed by atoms with Gasteiger partial charge >= 0.3 is 23.7 Å². The Hall–Kier alpha value is -6.32. The molecule has 16 heteroatoms. The third kappa shape index (κ3) is 6.35. The van der Waals surface area contributed by atoms with Crippen LogP contribution in [0.2, 0.25) is 0 Å². The molecule has 10 rings (SSSR count). The first-order valence-electron chi connectivity index (χ1n) is 24.0. The first kappa shape index (κ1) is 54.5. The Morgan fingerprint density at radius 3 is 0.447 bits per heavy atom. The van der Waals surface area contributed by atoms with Crippen molar-refractivity contribution in [1.82, 2.24) is 0 Å². The Morgan fingerprint density at radius 2 is 0.289 bits per heavy atom. The number of aryl methyl sites for hydroxylation is 4. The molecule has 0 radical (unpaired) electrons. The summed E-state index contributed by atoms with van der Waals surface area (Å²) in [7, 11) is 0. The van der Waals surface area contributed by atoms with Crippen molar-refractivity contribution in [3.8, 4) is 0 Å². The van der Waals surface area contributed by atoms with Crippen LogP contribution in [-0.4, -0.2) is 0 Å². The highest BCUT2D eigenvalue weighted by atomic mass is 19.3. The summed E-state index contributed by atoms with van der Waals surface area (Å²) >= 11 is 0. The molecule has 0 N–H and O–H groups in total. The van der Waals surface area contributed by atoms with E-state index in [1.165, 1.54) is 27.7 Å². The summed E-state index contributed by atoms with van der Waals surface area (Å²) in [6.45, 7) is 23.0. The van der Waals surface area contributed by atoms with Crippen molar-refractivity contribution in [2.24, 2.45) is 0 Å². The van der Waals surface area contributed by atoms with Crippen molar-refractivity contribution in [1.29, 1.82) is 0 Å². The molecule has 0 heterocycles. The molecule has 0 saturated heterocycles. The van der Waals surface area contributed by atoms with Crippen LogP contribution in [0.5, 0.6) is 0 Å². The molecule has 8 aromatic rings. The molecule has 76 heavy (non-hydrogen) atoms. The van der Waals surface area contributed by atoms with Gasteiger partial charge in [0.15, 0.2) is 0 Å². The number of hydrogen-bond acceptors (Lipinski definition) is 0. The van der Waals surface area contributed by atoms with E-state index in [4.69, 9.17) is 0 Å². The van der Waals surface area contributed by atoms with Crippen LogP contribution in [0.3, 0.4) is 0 Å². The fourth-order valence-electron chi connectivity index (χ4n) is 12.3. The maximum absolute atomic E-state index is 16.1. The molecule has 8 aromatic carbocycles. The molecule has 2 aliphatic carbocycles. The van der Waals surface area contributed by atoms with Gasteiger partial charge < -0.3 is 0 Å². The predicted octanol–water partition coefficient (Wildman–Crippen LogP) is 19.2. The second kappa shape index (κ2) is 16.6. The smallest absolute Gasteiger partial charge is 0.206 e. The van der Waals surface area contributed by atoms with E-state index in [0.29, 0.717) is 44.5 Å². The maximum Gasteiger partial charge on any atom is 0.302 e. The molecule has 0 aliphatic heterocycles. The molecule has 0 atom stereocenters. The molecule has 0 fully saturated rings. The van der Waals surface area contributed by atoms with Gasteiger partial charge in [-0.25, -0.2) is 35.1 Å². The Kier molecular flexibility index (Phi) is 11.9. The monoisotopic (exact) mass is 1070 g/mol. The summed E-state index contributed by atoms with van der Waals surface area (Å²) < 4.78 is 257. The first-order valence-corrected chi connectivity index (χ1v) is 24.0. The molecule has 0 nitrogen and oxygen atoms in total. The van der Waals surface area contributed by atoms with Gasteiger partial charge in [-0.05, 0) is 200 Å². The van der Waals surface area contributed by atoms with Crippen LogP contribution in [0.1, 0.15) is 134 Å². The zero-order valence-electron chi connectivity index (χ0n) is 44.0.